The Kier molecular flexibility index (Phi) is 8.00. The average molecular weight is 500 g/mol. The van der Waals surface area contributed by atoms with Crippen LogP contribution in [0, 0.1) is 10.1 Å². The average Bonchev–Trinajstić information content (AvgIpc) is 2.86. The van der Waals surface area contributed by atoms with Crippen LogP contribution in [0.4, 0.5) is 11.4 Å². The minimum absolute atomic E-state index is 0.110. The van der Waals surface area contributed by atoms with E-state index in [4.69, 9.17) is 9.47 Å². The summed E-state index contributed by atoms with van der Waals surface area (Å²) in [5.74, 6) is -0.859. The van der Waals surface area contributed by atoms with E-state index in [1.54, 1.807) is 24.3 Å². The molecule has 1 amide bonds. The number of amides is 1. The molecule has 0 saturated carbocycles. The minimum atomic E-state index is -4.25. The minimum Gasteiger partial charge on any atom is -0.497 e. The lowest BCUT2D eigenvalue weighted by Gasteiger charge is -2.12. The molecule has 2 N–H and O–H groups in total. The van der Waals surface area contributed by atoms with Crippen LogP contribution in [0.3, 0.4) is 0 Å². The maximum absolute atomic E-state index is 12.7. The third-order valence-corrected chi connectivity index (χ3v) is 6.05. The SMILES string of the molecule is COc1cccc(CNC(=O)COC(=O)c2ccccc2NS(=O)(=O)c2cccc([N+](=O)[O-])c2)c1. The predicted molar refractivity (Wildman–Crippen MR) is 125 cm³/mol. The highest BCUT2D eigenvalue weighted by molar-refractivity contribution is 7.92. The fraction of sp³-hybridized carbons (Fsp3) is 0.130. The van der Waals surface area contributed by atoms with Crippen molar-refractivity contribution in [3.05, 3.63) is 94.0 Å². The van der Waals surface area contributed by atoms with Gasteiger partial charge >= 0.3 is 5.97 Å². The van der Waals surface area contributed by atoms with Crippen molar-refractivity contribution in [1.29, 1.82) is 0 Å². The highest BCUT2D eigenvalue weighted by Crippen LogP contribution is 2.23. The second-order valence-electron chi connectivity index (χ2n) is 7.11. The fourth-order valence-electron chi connectivity index (χ4n) is 2.96. The monoisotopic (exact) mass is 499 g/mol. The van der Waals surface area contributed by atoms with Crippen LogP contribution in [0.5, 0.6) is 5.75 Å². The molecular formula is C23H21N3O8S. The number of hydrogen-bond donors (Lipinski definition) is 2. The molecule has 0 heterocycles. The number of carbonyl (C=O) groups is 2. The number of anilines is 1. The largest absolute Gasteiger partial charge is 0.497 e. The normalized spacial score (nSPS) is 10.8. The van der Waals surface area contributed by atoms with Gasteiger partial charge in [0.25, 0.3) is 21.6 Å². The molecule has 11 nitrogen and oxygen atoms in total. The standard InChI is InChI=1S/C23H21N3O8S/c1-33-18-8-4-6-16(12-18)14-24-22(27)15-34-23(28)20-10-2-3-11-21(20)25-35(31,32)19-9-5-7-17(13-19)26(29)30/h2-13,25H,14-15H2,1H3,(H,24,27). The smallest absolute Gasteiger partial charge is 0.340 e. The van der Waals surface area contributed by atoms with E-state index < -0.39 is 39.1 Å². The zero-order valence-electron chi connectivity index (χ0n) is 18.5. The van der Waals surface area contributed by atoms with Crippen molar-refractivity contribution in [3.8, 4) is 5.75 Å². The van der Waals surface area contributed by atoms with Gasteiger partial charge in [0.1, 0.15) is 5.75 Å². The van der Waals surface area contributed by atoms with Gasteiger partial charge in [0.15, 0.2) is 6.61 Å². The van der Waals surface area contributed by atoms with Gasteiger partial charge < -0.3 is 14.8 Å². The predicted octanol–water partition coefficient (Wildman–Crippen LogP) is 2.88. The third kappa shape index (κ3) is 6.77. The number of benzene rings is 3. The van der Waals surface area contributed by atoms with Crippen LogP contribution >= 0.6 is 0 Å². The highest BCUT2D eigenvalue weighted by Gasteiger charge is 2.21. The van der Waals surface area contributed by atoms with Gasteiger partial charge in [0.05, 0.1) is 28.2 Å². The number of nitro benzene ring substituents is 1. The molecule has 3 aromatic carbocycles. The number of para-hydroxylation sites is 1. The summed E-state index contributed by atoms with van der Waals surface area (Å²) < 4.78 is 37.8. The van der Waals surface area contributed by atoms with E-state index in [2.05, 4.69) is 10.0 Å². The number of methoxy groups -OCH3 is 1. The molecule has 3 aromatic rings. The molecule has 0 aliphatic carbocycles. The Morgan fingerprint density at radius 2 is 1.74 bits per heavy atom. The number of nitrogens with one attached hydrogen (secondary N) is 2. The van der Waals surface area contributed by atoms with Crippen molar-refractivity contribution in [2.45, 2.75) is 11.4 Å². The zero-order valence-corrected chi connectivity index (χ0v) is 19.3. The van der Waals surface area contributed by atoms with E-state index in [9.17, 15) is 28.1 Å². The summed E-state index contributed by atoms with van der Waals surface area (Å²) in [6.45, 7) is -0.401. The van der Waals surface area contributed by atoms with E-state index in [0.717, 1.165) is 17.7 Å². The molecule has 182 valence electrons. The van der Waals surface area contributed by atoms with Crippen LogP contribution in [-0.4, -0.2) is 38.9 Å². The Morgan fingerprint density at radius 1 is 1.00 bits per heavy atom. The number of nitrogens with zero attached hydrogens (tertiary/aromatic N) is 1. The number of ether oxygens (including phenoxy) is 2. The van der Waals surface area contributed by atoms with Crippen molar-refractivity contribution >= 4 is 33.3 Å². The van der Waals surface area contributed by atoms with E-state index in [0.29, 0.717) is 5.75 Å². The number of esters is 1. The molecule has 0 aliphatic heterocycles. The van der Waals surface area contributed by atoms with Crippen LogP contribution < -0.4 is 14.8 Å². The van der Waals surface area contributed by atoms with Crippen molar-refractivity contribution in [1.82, 2.24) is 5.32 Å². The summed E-state index contributed by atoms with van der Waals surface area (Å²) in [5, 5.41) is 13.6. The van der Waals surface area contributed by atoms with Crippen LogP contribution in [0.25, 0.3) is 0 Å². The Balaban J connectivity index is 1.64. The number of nitro groups is 1. The Bertz CT molecular complexity index is 1360. The van der Waals surface area contributed by atoms with Crippen molar-refractivity contribution in [2.75, 3.05) is 18.4 Å². The van der Waals surface area contributed by atoms with Gasteiger partial charge in [0.2, 0.25) is 0 Å². The third-order valence-electron chi connectivity index (χ3n) is 4.69. The van der Waals surface area contributed by atoms with Crippen molar-refractivity contribution < 1.29 is 32.4 Å². The van der Waals surface area contributed by atoms with Crippen LogP contribution in [-0.2, 0) is 26.1 Å². The molecule has 0 fully saturated rings. The molecule has 12 heteroatoms. The second kappa shape index (κ2) is 11.1. The van der Waals surface area contributed by atoms with Crippen LogP contribution in [0.1, 0.15) is 15.9 Å². The molecule has 0 aliphatic rings. The summed E-state index contributed by atoms with van der Waals surface area (Å²) in [7, 11) is -2.73. The van der Waals surface area contributed by atoms with Crippen LogP contribution in [0.15, 0.2) is 77.7 Å². The van der Waals surface area contributed by atoms with Crippen LogP contribution in [0.2, 0.25) is 0 Å². The Morgan fingerprint density at radius 3 is 2.49 bits per heavy atom. The lowest BCUT2D eigenvalue weighted by molar-refractivity contribution is -0.385. The van der Waals surface area contributed by atoms with Gasteiger partial charge in [-0.3, -0.25) is 19.6 Å². The molecule has 0 aromatic heterocycles. The molecule has 0 atom stereocenters. The van der Waals surface area contributed by atoms with Crippen molar-refractivity contribution in [2.24, 2.45) is 0 Å². The summed E-state index contributed by atoms with van der Waals surface area (Å²) in [6.07, 6.45) is 0. The maximum Gasteiger partial charge on any atom is 0.340 e. The fourth-order valence-corrected chi connectivity index (χ4v) is 4.08. The van der Waals surface area contributed by atoms with Gasteiger partial charge in [0, 0.05) is 18.7 Å². The van der Waals surface area contributed by atoms with Gasteiger partial charge in [-0.2, -0.15) is 0 Å². The lowest BCUT2D eigenvalue weighted by Crippen LogP contribution is -2.28. The lowest BCUT2D eigenvalue weighted by atomic mass is 10.2. The zero-order chi connectivity index (χ0) is 25.4. The number of carbonyl (C=O) groups excluding carboxylic acids is 2. The summed E-state index contributed by atoms with van der Waals surface area (Å²) >= 11 is 0. The van der Waals surface area contributed by atoms with E-state index >= 15 is 0 Å². The maximum atomic E-state index is 12.7. The molecule has 3 rings (SSSR count). The molecule has 0 saturated heterocycles. The first-order valence-corrected chi connectivity index (χ1v) is 11.6. The summed E-state index contributed by atoms with van der Waals surface area (Å²) in [5.41, 5.74) is 0.133. The Labute approximate surface area is 200 Å². The molecule has 0 unspecified atom stereocenters. The number of sulfonamides is 1. The van der Waals surface area contributed by atoms with Gasteiger partial charge in [-0.15, -0.1) is 0 Å². The first-order chi connectivity index (χ1) is 16.7. The van der Waals surface area contributed by atoms with Crippen molar-refractivity contribution in [3.63, 3.8) is 0 Å². The molecule has 0 bridgehead atoms. The van der Waals surface area contributed by atoms with E-state index in [1.165, 1.54) is 43.5 Å². The van der Waals surface area contributed by atoms with E-state index in [-0.39, 0.29) is 22.7 Å². The van der Waals surface area contributed by atoms with Gasteiger partial charge in [-0.1, -0.05) is 30.3 Å². The summed E-state index contributed by atoms with van der Waals surface area (Å²) in [4.78, 5) is 34.5. The topological polar surface area (TPSA) is 154 Å². The second-order valence-corrected chi connectivity index (χ2v) is 8.79. The number of non-ortho nitro benzene ring substituents is 1. The molecular weight excluding hydrogens is 478 g/mol. The quantitative estimate of drug-likeness (QED) is 0.245. The van der Waals surface area contributed by atoms with E-state index in [1.807, 2.05) is 0 Å². The first kappa shape index (κ1) is 25.2. The molecule has 0 spiro atoms. The first-order valence-electron chi connectivity index (χ1n) is 10.1. The number of rotatable bonds is 10. The number of hydrogen-bond acceptors (Lipinski definition) is 8. The Hall–Kier alpha value is -4.45. The summed E-state index contributed by atoms with van der Waals surface area (Å²) in [6, 6.07) is 17.2. The van der Waals surface area contributed by atoms with Gasteiger partial charge in [-0.25, -0.2) is 13.2 Å². The molecule has 0 radical (unpaired) electrons. The highest BCUT2D eigenvalue weighted by atomic mass is 32.2. The van der Waals surface area contributed by atoms with Gasteiger partial charge in [-0.05, 0) is 35.9 Å². The molecule has 35 heavy (non-hydrogen) atoms.